The number of amides is 1. The number of benzene rings is 2. The maximum Gasteiger partial charge on any atom is 0.274 e. The summed E-state index contributed by atoms with van der Waals surface area (Å²) in [6.45, 7) is 7.81. The van der Waals surface area contributed by atoms with Gasteiger partial charge in [-0.1, -0.05) is 18.2 Å². The fourth-order valence-electron chi connectivity index (χ4n) is 2.85. The number of ether oxygens (including phenoxy) is 1. The van der Waals surface area contributed by atoms with Gasteiger partial charge in [-0.15, -0.1) is 0 Å². The van der Waals surface area contributed by atoms with Gasteiger partial charge in [0.25, 0.3) is 5.91 Å². The number of hydrogen-bond acceptors (Lipinski definition) is 5. The topological polar surface area (TPSA) is 76.1 Å². The Hall–Kier alpha value is -3.41. The van der Waals surface area contributed by atoms with Gasteiger partial charge in [0.15, 0.2) is 0 Å². The summed E-state index contributed by atoms with van der Waals surface area (Å²) in [5.41, 5.74) is 5.72. The number of nitrogens with one attached hydrogen (secondary N) is 2. The van der Waals surface area contributed by atoms with Crippen molar-refractivity contribution in [3.05, 3.63) is 70.5 Å². The van der Waals surface area contributed by atoms with Gasteiger partial charge in [-0.3, -0.25) is 4.79 Å². The van der Waals surface area contributed by atoms with Gasteiger partial charge in [-0.05, 0) is 68.7 Å². The number of aromatic nitrogens is 2. The van der Waals surface area contributed by atoms with Crippen LogP contribution in [0.5, 0.6) is 5.75 Å². The van der Waals surface area contributed by atoms with Crippen LogP contribution in [0.1, 0.15) is 32.9 Å². The predicted molar refractivity (Wildman–Crippen MR) is 112 cm³/mol. The molecule has 3 rings (SSSR count). The second-order valence-corrected chi connectivity index (χ2v) is 6.75. The number of methoxy groups -OCH3 is 1. The van der Waals surface area contributed by atoms with Gasteiger partial charge in [-0.2, -0.15) is 0 Å². The van der Waals surface area contributed by atoms with Gasteiger partial charge in [0, 0.05) is 11.4 Å². The van der Waals surface area contributed by atoms with Gasteiger partial charge < -0.3 is 15.4 Å². The summed E-state index contributed by atoms with van der Waals surface area (Å²) in [4.78, 5) is 21.5. The van der Waals surface area contributed by atoms with E-state index in [4.69, 9.17) is 4.74 Å². The van der Waals surface area contributed by atoms with E-state index in [9.17, 15) is 4.79 Å². The van der Waals surface area contributed by atoms with E-state index in [1.165, 1.54) is 0 Å². The summed E-state index contributed by atoms with van der Waals surface area (Å²) < 4.78 is 5.39. The Balaban J connectivity index is 1.88. The first-order chi connectivity index (χ1) is 13.4. The SMILES string of the molecule is COc1ccc(C)cc1Nc1nc(C)cc(C(=O)Nc2cccc(C)c2C)n1. The van der Waals surface area contributed by atoms with Crippen LogP contribution in [0.3, 0.4) is 0 Å². The van der Waals surface area contributed by atoms with E-state index >= 15 is 0 Å². The minimum atomic E-state index is -0.279. The molecule has 0 aliphatic rings. The van der Waals surface area contributed by atoms with Crippen molar-refractivity contribution in [2.75, 3.05) is 17.7 Å². The van der Waals surface area contributed by atoms with Crippen LogP contribution in [0.4, 0.5) is 17.3 Å². The number of carbonyl (C=O) groups excluding carboxylic acids is 1. The summed E-state index contributed by atoms with van der Waals surface area (Å²) in [5.74, 6) is 0.741. The minimum Gasteiger partial charge on any atom is -0.495 e. The van der Waals surface area contributed by atoms with Gasteiger partial charge in [0.1, 0.15) is 11.4 Å². The Morgan fingerprint density at radius 2 is 1.75 bits per heavy atom. The highest BCUT2D eigenvalue weighted by atomic mass is 16.5. The molecule has 0 saturated heterocycles. The number of nitrogens with zero attached hydrogens (tertiary/aromatic N) is 2. The lowest BCUT2D eigenvalue weighted by atomic mass is 10.1. The molecule has 0 atom stereocenters. The molecule has 6 nitrogen and oxygen atoms in total. The van der Waals surface area contributed by atoms with Gasteiger partial charge in [0.2, 0.25) is 5.95 Å². The van der Waals surface area contributed by atoms with Crippen LogP contribution in [-0.2, 0) is 0 Å². The molecule has 0 fully saturated rings. The molecule has 1 heterocycles. The quantitative estimate of drug-likeness (QED) is 0.674. The van der Waals surface area contributed by atoms with E-state index in [-0.39, 0.29) is 5.91 Å². The molecule has 0 saturated carbocycles. The molecule has 1 amide bonds. The fourth-order valence-corrected chi connectivity index (χ4v) is 2.85. The summed E-state index contributed by atoms with van der Waals surface area (Å²) in [6, 6.07) is 13.3. The van der Waals surface area contributed by atoms with Crippen LogP contribution in [-0.4, -0.2) is 23.0 Å². The Labute approximate surface area is 165 Å². The molecule has 0 unspecified atom stereocenters. The van der Waals surface area contributed by atoms with E-state index in [1.807, 2.05) is 64.1 Å². The number of anilines is 3. The summed E-state index contributed by atoms with van der Waals surface area (Å²) in [5, 5.41) is 6.09. The van der Waals surface area contributed by atoms with Crippen LogP contribution in [0.15, 0.2) is 42.5 Å². The third-order valence-electron chi connectivity index (χ3n) is 4.54. The van der Waals surface area contributed by atoms with Gasteiger partial charge in [-0.25, -0.2) is 9.97 Å². The van der Waals surface area contributed by atoms with Crippen LogP contribution in [0.25, 0.3) is 0 Å². The van der Waals surface area contributed by atoms with Crippen molar-refractivity contribution < 1.29 is 9.53 Å². The third kappa shape index (κ3) is 4.28. The Morgan fingerprint density at radius 1 is 0.964 bits per heavy atom. The van der Waals surface area contributed by atoms with Crippen LogP contribution in [0, 0.1) is 27.7 Å². The molecule has 0 radical (unpaired) electrons. The van der Waals surface area contributed by atoms with Gasteiger partial charge >= 0.3 is 0 Å². The second-order valence-electron chi connectivity index (χ2n) is 6.75. The molecule has 3 aromatic rings. The highest BCUT2D eigenvalue weighted by Crippen LogP contribution is 2.27. The van der Waals surface area contributed by atoms with Crippen LogP contribution < -0.4 is 15.4 Å². The van der Waals surface area contributed by atoms with Crippen molar-refractivity contribution in [1.29, 1.82) is 0 Å². The Bertz CT molecular complexity index is 1030. The first kappa shape index (κ1) is 19.4. The second kappa shape index (κ2) is 8.08. The maximum atomic E-state index is 12.8. The molecule has 0 spiro atoms. The smallest absolute Gasteiger partial charge is 0.274 e. The molecule has 0 aliphatic carbocycles. The van der Waals surface area contributed by atoms with E-state index in [0.29, 0.717) is 23.1 Å². The summed E-state index contributed by atoms with van der Waals surface area (Å²) in [6.07, 6.45) is 0. The molecular formula is C22H24N4O2. The van der Waals surface area contributed by atoms with E-state index in [2.05, 4.69) is 20.6 Å². The van der Waals surface area contributed by atoms with Crippen molar-refractivity contribution in [1.82, 2.24) is 9.97 Å². The zero-order valence-electron chi connectivity index (χ0n) is 16.8. The average Bonchev–Trinajstić information content (AvgIpc) is 2.65. The van der Waals surface area contributed by atoms with Crippen molar-refractivity contribution in [2.24, 2.45) is 0 Å². The van der Waals surface area contributed by atoms with E-state index in [1.54, 1.807) is 13.2 Å². The number of rotatable bonds is 5. The molecule has 28 heavy (non-hydrogen) atoms. The largest absolute Gasteiger partial charge is 0.495 e. The van der Waals surface area contributed by atoms with E-state index in [0.717, 1.165) is 28.1 Å². The van der Waals surface area contributed by atoms with Crippen molar-refractivity contribution in [3.8, 4) is 5.75 Å². The summed E-state index contributed by atoms with van der Waals surface area (Å²) >= 11 is 0. The molecule has 0 bridgehead atoms. The van der Waals surface area contributed by atoms with Gasteiger partial charge in [0.05, 0.1) is 12.8 Å². The van der Waals surface area contributed by atoms with Crippen LogP contribution in [0.2, 0.25) is 0 Å². The lowest BCUT2D eigenvalue weighted by molar-refractivity contribution is 0.102. The zero-order chi connectivity index (χ0) is 20.3. The molecule has 0 aliphatic heterocycles. The fraction of sp³-hybridized carbons (Fsp3) is 0.227. The minimum absolute atomic E-state index is 0.279. The molecule has 2 N–H and O–H groups in total. The molecule has 6 heteroatoms. The maximum absolute atomic E-state index is 12.8. The van der Waals surface area contributed by atoms with E-state index < -0.39 is 0 Å². The Morgan fingerprint density at radius 3 is 2.50 bits per heavy atom. The first-order valence-electron chi connectivity index (χ1n) is 9.02. The molecule has 1 aromatic heterocycles. The molecule has 2 aromatic carbocycles. The zero-order valence-corrected chi connectivity index (χ0v) is 16.8. The van der Waals surface area contributed by atoms with Crippen molar-refractivity contribution >= 4 is 23.2 Å². The van der Waals surface area contributed by atoms with Crippen molar-refractivity contribution in [2.45, 2.75) is 27.7 Å². The summed E-state index contributed by atoms with van der Waals surface area (Å²) in [7, 11) is 1.61. The first-order valence-corrected chi connectivity index (χ1v) is 9.02. The number of aryl methyl sites for hydroxylation is 3. The standard InChI is InChI=1S/C22H24N4O2/c1-13-9-10-20(28-5)18(11-13)25-22-23-15(3)12-19(26-22)21(27)24-17-8-6-7-14(2)16(17)4/h6-12H,1-5H3,(H,24,27)(H,23,25,26). The normalized spacial score (nSPS) is 10.5. The molecular weight excluding hydrogens is 352 g/mol. The monoisotopic (exact) mass is 376 g/mol. The predicted octanol–water partition coefficient (Wildman–Crippen LogP) is 4.71. The third-order valence-corrected chi connectivity index (χ3v) is 4.54. The highest BCUT2D eigenvalue weighted by Gasteiger charge is 2.14. The number of hydrogen-bond donors (Lipinski definition) is 2. The van der Waals surface area contributed by atoms with Crippen molar-refractivity contribution in [3.63, 3.8) is 0 Å². The lowest BCUT2D eigenvalue weighted by Gasteiger charge is -2.13. The lowest BCUT2D eigenvalue weighted by Crippen LogP contribution is -2.16. The Kier molecular flexibility index (Phi) is 5.59. The highest BCUT2D eigenvalue weighted by molar-refractivity contribution is 6.03. The molecule has 144 valence electrons. The number of carbonyl (C=O) groups is 1. The average molecular weight is 376 g/mol. The van der Waals surface area contributed by atoms with Crippen LogP contribution >= 0.6 is 0 Å².